The lowest BCUT2D eigenvalue weighted by molar-refractivity contribution is -0.120. The summed E-state index contributed by atoms with van der Waals surface area (Å²) in [5.74, 6) is 0.659. The van der Waals surface area contributed by atoms with Crippen molar-refractivity contribution in [1.29, 1.82) is 0 Å². The number of amides is 1. The molecule has 1 aromatic rings. The molecule has 0 radical (unpaired) electrons. The topological polar surface area (TPSA) is 66.9 Å². The molecule has 0 saturated heterocycles. The maximum Gasteiger partial charge on any atom is 0.232 e. The Morgan fingerprint density at radius 2 is 2.27 bits per heavy atom. The Hall–Kier alpha value is -1.36. The van der Waals surface area contributed by atoms with Crippen LogP contribution >= 0.6 is 11.6 Å². The molecule has 2 N–H and O–H groups in total. The zero-order valence-corrected chi connectivity index (χ0v) is 8.64. The highest BCUT2D eigenvalue weighted by atomic mass is 35.5. The zero-order chi connectivity index (χ0) is 10.5. The second-order valence-electron chi connectivity index (χ2n) is 3.99. The van der Waals surface area contributed by atoms with Gasteiger partial charge in [-0.3, -0.25) is 4.79 Å². The minimum atomic E-state index is -0.229. The van der Waals surface area contributed by atoms with E-state index in [1.165, 1.54) is 6.20 Å². The Morgan fingerprint density at radius 3 is 3.00 bits per heavy atom. The lowest BCUT2D eigenvalue weighted by atomic mass is 10.1. The Morgan fingerprint density at radius 1 is 1.47 bits per heavy atom. The van der Waals surface area contributed by atoms with Gasteiger partial charge in [0, 0.05) is 6.54 Å². The summed E-state index contributed by atoms with van der Waals surface area (Å²) in [6.45, 7) is 0.624. The third kappa shape index (κ3) is 1.34. The van der Waals surface area contributed by atoms with Crippen LogP contribution in [0, 0.1) is 5.41 Å². The van der Waals surface area contributed by atoms with E-state index in [0.717, 1.165) is 12.8 Å². The lowest BCUT2D eigenvalue weighted by Crippen LogP contribution is -2.27. The summed E-state index contributed by atoms with van der Waals surface area (Å²) in [6.07, 6.45) is 3.39. The van der Waals surface area contributed by atoms with Crippen LogP contribution in [0.2, 0.25) is 5.28 Å². The van der Waals surface area contributed by atoms with Crippen LogP contribution in [-0.4, -0.2) is 22.4 Å². The number of halogens is 1. The van der Waals surface area contributed by atoms with Crippen LogP contribution in [0.25, 0.3) is 0 Å². The van der Waals surface area contributed by atoms with Crippen molar-refractivity contribution in [3.8, 4) is 0 Å². The van der Waals surface area contributed by atoms with E-state index in [4.69, 9.17) is 11.6 Å². The second kappa shape index (κ2) is 2.82. The number of aromatic nitrogens is 2. The monoisotopic (exact) mass is 224 g/mol. The van der Waals surface area contributed by atoms with Gasteiger partial charge in [-0.2, -0.15) is 4.98 Å². The first-order valence-electron chi connectivity index (χ1n) is 4.78. The van der Waals surface area contributed by atoms with Gasteiger partial charge in [0.05, 0.1) is 11.6 Å². The molecule has 1 fully saturated rings. The molecule has 15 heavy (non-hydrogen) atoms. The number of nitrogens with zero attached hydrogens (tertiary/aromatic N) is 2. The zero-order valence-electron chi connectivity index (χ0n) is 7.88. The van der Waals surface area contributed by atoms with E-state index in [9.17, 15) is 4.79 Å². The van der Waals surface area contributed by atoms with Gasteiger partial charge < -0.3 is 10.6 Å². The fourth-order valence-corrected chi connectivity index (χ4v) is 1.86. The van der Waals surface area contributed by atoms with Crippen LogP contribution in [0.3, 0.4) is 0 Å². The van der Waals surface area contributed by atoms with E-state index in [1.54, 1.807) is 0 Å². The first kappa shape index (κ1) is 8.91. The van der Waals surface area contributed by atoms with E-state index in [1.807, 2.05) is 0 Å². The average Bonchev–Trinajstić information content (AvgIpc) is 3.00. The van der Waals surface area contributed by atoms with Crippen molar-refractivity contribution in [2.45, 2.75) is 12.8 Å². The first-order valence-corrected chi connectivity index (χ1v) is 5.15. The van der Waals surface area contributed by atoms with Gasteiger partial charge in [-0.25, -0.2) is 4.98 Å². The van der Waals surface area contributed by atoms with Crippen LogP contribution in [0.15, 0.2) is 6.20 Å². The highest BCUT2D eigenvalue weighted by Crippen LogP contribution is 2.48. The van der Waals surface area contributed by atoms with Gasteiger partial charge in [0.15, 0.2) is 5.82 Å². The van der Waals surface area contributed by atoms with Gasteiger partial charge in [0.25, 0.3) is 0 Å². The molecule has 1 saturated carbocycles. The van der Waals surface area contributed by atoms with Crippen molar-refractivity contribution in [2.75, 3.05) is 17.2 Å². The second-order valence-corrected chi connectivity index (χ2v) is 4.33. The molecule has 6 heteroatoms. The molecule has 0 atom stereocenters. The molecule has 1 aliphatic heterocycles. The largest absolute Gasteiger partial charge is 0.367 e. The van der Waals surface area contributed by atoms with Gasteiger partial charge in [-0.05, 0) is 24.4 Å². The molecule has 3 rings (SSSR count). The number of nitrogens with one attached hydrogen (secondary N) is 2. The minimum absolute atomic E-state index is 0.0553. The number of hydrogen-bond acceptors (Lipinski definition) is 4. The van der Waals surface area contributed by atoms with Gasteiger partial charge in [-0.15, -0.1) is 0 Å². The Bertz CT molecular complexity index is 444. The van der Waals surface area contributed by atoms with Crippen LogP contribution in [0.1, 0.15) is 12.8 Å². The van der Waals surface area contributed by atoms with E-state index in [-0.39, 0.29) is 16.6 Å². The van der Waals surface area contributed by atoms with Gasteiger partial charge in [-0.1, -0.05) is 0 Å². The number of carbonyl (C=O) groups is 1. The van der Waals surface area contributed by atoms with Gasteiger partial charge in [0.2, 0.25) is 11.2 Å². The highest BCUT2D eigenvalue weighted by molar-refractivity contribution is 6.28. The van der Waals surface area contributed by atoms with E-state index < -0.39 is 0 Å². The fourth-order valence-electron chi connectivity index (χ4n) is 1.73. The molecule has 2 aliphatic rings. The normalized spacial score (nSPS) is 21.3. The number of rotatable bonds is 0. The maximum absolute atomic E-state index is 11.8. The molecule has 0 unspecified atom stereocenters. The van der Waals surface area contributed by atoms with Crippen molar-refractivity contribution in [1.82, 2.24) is 9.97 Å². The van der Waals surface area contributed by atoms with Crippen LogP contribution in [-0.2, 0) is 4.79 Å². The summed E-state index contributed by atoms with van der Waals surface area (Å²) in [7, 11) is 0. The van der Waals surface area contributed by atoms with Crippen molar-refractivity contribution in [3.63, 3.8) is 0 Å². The smallest absolute Gasteiger partial charge is 0.232 e. The molecule has 1 spiro atoms. The van der Waals surface area contributed by atoms with Crippen LogP contribution in [0.5, 0.6) is 0 Å². The van der Waals surface area contributed by atoms with E-state index in [2.05, 4.69) is 20.6 Å². The predicted octanol–water partition coefficient (Wildman–Crippen LogP) is 1.27. The molecule has 2 heterocycles. The van der Waals surface area contributed by atoms with Gasteiger partial charge in [0.1, 0.15) is 5.69 Å². The summed E-state index contributed by atoms with van der Waals surface area (Å²) in [4.78, 5) is 19.7. The lowest BCUT2D eigenvalue weighted by Gasteiger charge is -2.08. The molecule has 0 aromatic carbocycles. The molecule has 1 aromatic heterocycles. The Balaban J connectivity index is 2.00. The Labute approximate surface area is 91.2 Å². The predicted molar refractivity (Wildman–Crippen MR) is 55.8 cm³/mol. The molecule has 78 valence electrons. The molecular weight excluding hydrogens is 216 g/mol. The summed E-state index contributed by atoms with van der Waals surface area (Å²) >= 11 is 5.68. The highest BCUT2D eigenvalue weighted by Gasteiger charge is 2.51. The molecule has 5 nitrogen and oxygen atoms in total. The Kier molecular flexibility index (Phi) is 1.68. The van der Waals surface area contributed by atoms with E-state index >= 15 is 0 Å². The van der Waals surface area contributed by atoms with E-state index in [0.29, 0.717) is 18.1 Å². The van der Waals surface area contributed by atoms with Crippen molar-refractivity contribution in [3.05, 3.63) is 11.5 Å². The number of fused-ring (bicyclic) bond motifs is 1. The van der Waals surface area contributed by atoms with Crippen molar-refractivity contribution >= 4 is 29.0 Å². The molecule has 1 amide bonds. The molecular formula is C9H9ClN4O. The van der Waals surface area contributed by atoms with Gasteiger partial charge >= 0.3 is 0 Å². The third-order valence-corrected chi connectivity index (χ3v) is 3.12. The third-order valence-electron chi connectivity index (χ3n) is 2.94. The summed E-state index contributed by atoms with van der Waals surface area (Å²) < 4.78 is 0. The number of carbonyl (C=O) groups excluding carboxylic acids is 1. The quantitative estimate of drug-likeness (QED) is 0.652. The summed E-state index contributed by atoms with van der Waals surface area (Å²) in [5, 5.41) is 6.13. The SMILES string of the molecule is O=C1Nc2cnc(Cl)nc2NCC12CC2. The molecule has 0 bridgehead atoms. The number of hydrogen-bond donors (Lipinski definition) is 2. The first-order chi connectivity index (χ1) is 7.20. The maximum atomic E-state index is 11.8. The fraction of sp³-hybridized carbons (Fsp3) is 0.444. The van der Waals surface area contributed by atoms with Crippen molar-refractivity contribution in [2.24, 2.45) is 5.41 Å². The number of anilines is 2. The summed E-state index contributed by atoms with van der Waals surface area (Å²) in [6, 6.07) is 0. The van der Waals surface area contributed by atoms with Crippen LogP contribution < -0.4 is 10.6 Å². The minimum Gasteiger partial charge on any atom is -0.367 e. The standard InChI is InChI=1S/C9H9ClN4O/c10-8-11-3-5-6(14-8)12-4-9(1-2-9)7(15)13-5/h3H,1-2,4H2,(H,13,15)(H,11,12,14). The van der Waals surface area contributed by atoms with Crippen LogP contribution in [0.4, 0.5) is 11.5 Å². The summed E-state index contributed by atoms with van der Waals surface area (Å²) in [5.41, 5.74) is 0.376. The average molecular weight is 225 g/mol. The van der Waals surface area contributed by atoms with Crippen molar-refractivity contribution < 1.29 is 4.79 Å². The molecule has 1 aliphatic carbocycles.